The van der Waals surface area contributed by atoms with Gasteiger partial charge >= 0.3 is 0 Å². The number of hydrogen-bond acceptors (Lipinski definition) is 8. The van der Waals surface area contributed by atoms with Gasteiger partial charge in [-0.2, -0.15) is 5.26 Å². The second-order valence-electron chi connectivity index (χ2n) is 5.85. The summed E-state index contributed by atoms with van der Waals surface area (Å²) in [6.45, 7) is 0.689. The standard InChI is InChI=1S/C20H15N7O/c21-12-15-2-1-3-17(27-15)28-16-6-4-14(5-7-16)8-9-23-19-18-20(26-13-25-19)24-11-10-22-18/h1-7,10-11,13H,8-9H2,(H,23,24,25,26). The third-order valence-electron chi connectivity index (χ3n) is 3.96. The largest absolute Gasteiger partial charge is 0.439 e. The number of nitrogens with zero attached hydrogens (tertiary/aromatic N) is 6. The molecule has 8 nitrogen and oxygen atoms in total. The maximum atomic E-state index is 8.90. The van der Waals surface area contributed by atoms with Crippen molar-refractivity contribution in [2.45, 2.75) is 6.42 Å². The zero-order valence-corrected chi connectivity index (χ0v) is 14.8. The summed E-state index contributed by atoms with van der Waals surface area (Å²) in [4.78, 5) is 20.9. The molecule has 0 unspecified atom stereocenters. The highest BCUT2D eigenvalue weighted by Crippen LogP contribution is 2.20. The molecule has 1 N–H and O–H groups in total. The van der Waals surface area contributed by atoms with Gasteiger partial charge in [-0.25, -0.2) is 24.9 Å². The first-order chi connectivity index (χ1) is 13.8. The van der Waals surface area contributed by atoms with Crippen LogP contribution in [0.3, 0.4) is 0 Å². The van der Waals surface area contributed by atoms with Crippen molar-refractivity contribution in [1.29, 1.82) is 5.26 Å². The normalized spacial score (nSPS) is 10.4. The van der Waals surface area contributed by atoms with Crippen LogP contribution >= 0.6 is 0 Å². The summed E-state index contributed by atoms with van der Waals surface area (Å²) in [5, 5.41) is 12.2. The molecular formula is C20H15N7O. The first-order valence-corrected chi connectivity index (χ1v) is 8.61. The van der Waals surface area contributed by atoms with Gasteiger partial charge in [0.1, 0.15) is 29.4 Å². The van der Waals surface area contributed by atoms with E-state index in [9.17, 15) is 0 Å². The lowest BCUT2D eigenvalue weighted by molar-refractivity contribution is 0.462. The van der Waals surface area contributed by atoms with Gasteiger partial charge in [0.05, 0.1) is 0 Å². The summed E-state index contributed by atoms with van der Waals surface area (Å²) in [6, 6.07) is 14.8. The lowest BCUT2D eigenvalue weighted by Gasteiger charge is -2.08. The molecule has 0 spiro atoms. The zero-order valence-electron chi connectivity index (χ0n) is 14.8. The number of ether oxygens (including phenoxy) is 1. The van der Waals surface area contributed by atoms with Crippen LogP contribution in [0.1, 0.15) is 11.3 Å². The molecule has 8 heteroatoms. The minimum Gasteiger partial charge on any atom is -0.439 e. The van der Waals surface area contributed by atoms with Gasteiger partial charge in [0.15, 0.2) is 11.5 Å². The second-order valence-corrected chi connectivity index (χ2v) is 5.85. The molecule has 1 aromatic carbocycles. The van der Waals surface area contributed by atoms with Crippen molar-refractivity contribution >= 4 is 17.0 Å². The first kappa shape index (κ1) is 17.3. The quantitative estimate of drug-likeness (QED) is 0.552. The van der Waals surface area contributed by atoms with Gasteiger partial charge in [-0.05, 0) is 30.2 Å². The molecule has 0 saturated heterocycles. The van der Waals surface area contributed by atoms with E-state index in [2.05, 4.69) is 30.2 Å². The molecule has 0 bridgehead atoms. The number of benzene rings is 1. The van der Waals surface area contributed by atoms with Crippen LogP contribution in [0.15, 0.2) is 61.2 Å². The Morgan fingerprint density at radius 1 is 0.964 bits per heavy atom. The fourth-order valence-electron chi connectivity index (χ4n) is 2.63. The molecule has 0 aliphatic carbocycles. The molecule has 0 aliphatic heterocycles. The van der Waals surface area contributed by atoms with Crippen LogP contribution < -0.4 is 10.1 Å². The van der Waals surface area contributed by atoms with Crippen molar-refractivity contribution < 1.29 is 4.74 Å². The monoisotopic (exact) mass is 369 g/mol. The molecule has 4 aromatic rings. The molecule has 0 fully saturated rings. The number of rotatable bonds is 6. The number of anilines is 1. The van der Waals surface area contributed by atoms with Crippen LogP contribution in [-0.2, 0) is 6.42 Å². The Hall–Kier alpha value is -4.12. The molecule has 28 heavy (non-hydrogen) atoms. The molecule has 0 amide bonds. The Morgan fingerprint density at radius 3 is 2.68 bits per heavy atom. The van der Waals surface area contributed by atoms with Gasteiger partial charge in [-0.15, -0.1) is 0 Å². The average molecular weight is 369 g/mol. The fraction of sp³-hybridized carbons (Fsp3) is 0.100. The van der Waals surface area contributed by atoms with E-state index in [4.69, 9.17) is 10.00 Å². The summed E-state index contributed by atoms with van der Waals surface area (Å²) in [6.07, 6.45) is 5.50. The molecule has 0 saturated carbocycles. The molecular weight excluding hydrogens is 354 g/mol. The highest BCUT2D eigenvalue weighted by Gasteiger charge is 2.05. The lowest BCUT2D eigenvalue weighted by atomic mass is 10.1. The zero-order chi connectivity index (χ0) is 19.2. The molecule has 0 aliphatic rings. The Labute approximate surface area is 160 Å². The van der Waals surface area contributed by atoms with E-state index in [1.807, 2.05) is 30.3 Å². The van der Waals surface area contributed by atoms with Gasteiger partial charge in [0, 0.05) is 25.0 Å². The third-order valence-corrected chi connectivity index (χ3v) is 3.96. The number of aromatic nitrogens is 5. The van der Waals surface area contributed by atoms with Crippen LogP contribution in [0.4, 0.5) is 5.82 Å². The van der Waals surface area contributed by atoms with Gasteiger partial charge in [-0.1, -0.05) is 18.2 Å². The predicted molar refractivity (Wildman–Crippen MR) is 103 cm³/mol. The lowest BCUT2D eigenvalue weighted by Crippen LogP contribution is -2.08. The van der Waals surface area contributed by atoms with Crippen molar-refractivity contribution in [3.8, 4) is 17.7 Å². The smallest absolute Gasteiger partial charge is 0.220 e. The predicted octanol–water partition coefficient (Wildman–Crippen LogP) is 3.13. The van der Waals surface area contributed by atoms with Crippen molar-refractivity contribution in [3.05, 3.63) is 72.4 Å². The molecule has 3 heterocycles. The second kappa shape index (κ2) is 8.05. The highest BCUT2D eigenvalue weighted by atomic mass is 16.5. The van der Waals surface area contributed by atoms with Crippen molar-refractivity contribution in [2.24, 2.45) is 0 Å². The summed E-state index contributed by atoms with van der Waals surface area (Å²) in [7, 11) is 0. The SMILES string of the molecule is N#Cc1cccc(Oc2ccc(CCNc3ncnc4nccnc34)cc2)n1. The van der Waals surface area contributed by atoms with Crippen molar-refractivity contribution in [3.63, 3.8) is 0 Å². The number of nitriles is 1. The van der Waals surface area contributed by atoms with E-state index in [1.54, 1.807) is 30.6 Å². The van der Waals surface area contributed by atoms with E-state index in [1.165, 1.54) is 6.33 Å². The number of nitrogens with one attached hydrogen (secondary N) is 1. The maximum absolute atomic E-state index is 8.90. The summed E-state index contributed by atoms with van der Waals surface area (Å²) in [5.74, 6) is 1.73. The minimum absolute atomic E-state index is 0.321. The number of hydrogen-bond donors (Lipinski definition) is 1. The van der Waals surface area contributed by atoms with Crippen molar-refractivity contribution in [1.82, 2.24) is 24.9 Å². The summed E-state index contributed by atoms with van der Waals surface area (Å²) in [5.41, 5.74) is 2.68. The van der Waals surface area contributed by atoms with Crippen LogP contribution in [-0.4, -0.2) is 31.5 Å². The number of pyridine rings is 1. The van der Waals surface area contributed by atoms with Crippen LogP contribution in [0.2, 0.25) is 0 Å². The van der Waals surface area contributed by atoms with E-state index in [0.717, 1.165) is 12.0 Å². The molecule has 0 radical (unpaired) electrons. The van der Waals surface area contributed by atoms with Gasteiger partial charge in [0.2, 0.25) is 5.88 Å². The first-order valence-electron chi connectivity index (χ1n) is 8.61. The number of fused-ring (bicyclic) bond motifs is 1. The summed E-state index contributed by atoms with van der Waals surface area (Å²) >= 11 is 0. The summed E-state index contributed by atoms with van der Waals surface area (Å²) < 4.78 is 5.69. The van der Waals surface area contributed by atoms with E-state index in [0.29, 0.717) is 40.8 Å². The molecule has 4 rings (SSSR count). The molecule has 3 aromatic heterocycles. The molecule has 136 valence electrons. The Bertz CT molecular complexity index is 1130. The topological polar surface area (TPSA) is 110 Å². The van der Waals surface area contributed by atoms with Crippen LogP contribution in [0.5, 0.6) is 11.6 Å². The van der Waals surface area contributed by atoms with Crippen molar-refractivity contribution in [2.75, 3.05) is 11.9 Å². The third kappa shape index (κ3) is 3.99. The van der Waals surface area contributed by atoms with E-state index >= 15 is 0 Å². The van der Waals surface area contributed by atoms with E-state index < -0.39 is 0 Å². The van der Waals surface area contributed by atoms with Gasteiger partial charge in [-0.3, -0.25) is 0 Å². The van der Waals surface area contributed by atoms with Crippen LogP contribution in [0, 0.1) is 11.3 Å². The highest BCUT2D eigenvalue weighted by molar-refractivity contribution is 5.81. The molecule has 0 atom stereocenters. The fourth-order valence-corrected chi connectivity index (χ4v) is 2.63. The Morgan fingerprint density at radius 2 is 1.82 bits per heavy atom. The van der Waals surface area contributed by atoms with E-state index in [-0.39, 0.29) is 0 Å². The van der Waals surface area contributed by atoms with Gasteiger partial charge < -0.3 is 10.1 Å². The maximum Gasteiger partial charge on any atom is 0.220 e. The minimum atomic E-state index is 0.321. The average Bonchev–Trinajstić information content (AvgIpc) is 2.75. The Kier molecular flexibility index (Phi) is 4.98. The Balaban J connectivity index is 1.36. The van der Waals surface area contributed by atoms with Gasteiger partial charge in [0.25, 0.3) is 0 Å². The van der Waals surface area contributed by atoms with Crippen LogP contribution in [0.25, 0.3) is 11.2 Å².